The number of aliphatic hydroxyl groups is 1. The topological polar surface area (TPSA) is 20.2 Å². The first kappa shape index (κ1) is 10.3. The van der Waals surface area contributed by atoms with E-state index < -0.39 is 16.6 Å². The van der Waals surface area contributed by atoms with Crippen molar-refractivity contribution in [3.63, 3.8) is 0 Å². The minimum absolute atomic E-state index is 0.512. The summed E-state index contributed by atoms with van der Waals surface area (Å²) < 4.78 is 35.0. The van der Waals surface area contributed by atoms with Gasteiger partial charge >= 0.3 is 6.18 Å². The van der Waals surface area contributed by atoms with E-state index in [9.17, 15) is 13.2 Å². The van der Waals surface area contributed by atoms with Crippen LogP contribution in [0.4, 0.5) is 13.2 Å². The van der Waals surface area contributed by atoms with Crippen LogP contribution in [0.1, 0.15) is 6.92 Å². The van der Waals surface area contributed by atoms with Gasteiger partial charge in [-0.05, 0) is 6.92 Å². The van der Waals surface area contributed by atoms with Crippen molar-refractivity contribution in [2.75, 3.05) is 0 Å². The molecule has 0 fully saturated rings. The van der Waals surface area contributed by atoms with Crippen LogP contribution in [-0.2, 0) is 0 Å². The SMILES string of the molecule is CC(O)(C(Cl)Cl)C(F)(F)F. The van der Waals surface area contributed by atoms with Gasteiger partial charge in [0.25, 0.3) is 0 Å². The van der Waals surface area contributed by atoms with E-state index in [1.807, 2.05) is 0 Å². The average molecular weight is 197 g/mol. The van der Waals surface area contributed by atoms with Crippen molar-refractivity contribution in [2.45, 2.75) is 23.5 Å². The third-order valence-corrected chi connectivity index (χ3v) is 1.85. The summed E-state index contributed by atoms with van der Waals surface area (Å²) in [6, 6.07) is 0. The number of rotatable bonds is 1. The fraction of sp³-hybridized carbons (Fsp3) is 1.00. The quantitative estimate of drug-likeness (QED) is 0.638. The molecule has 1 N–H and O–H groups in total. The van der Waals surface area contributed by atoms with E-state index in [0.29, 0.717) is 6.92 Å². The van der Waals surface area contributed by atoms with Gasteiger partial charge in [-0.3, -0.25) is 0 Å². The van der Waals surface area contributed by atoms with Crippen LogP contribution in [-0.4, -0.2) is 21.7 Å². The number of hydrogen-bond acceptors (Lipinski definition) is 1. The van der Waals surface area contributed by atoms with Gasteiger partial charge in [0.1, 0.15) is 4.84 Å². The summed E-state index contributed by atoms with van der Waals surface area (Å²) in [5, 5.41) is 8.54. The van der Waals surface area contributed by atoms with Crippen molar-refractivity contribution in [2.24, 2.45) is 0 Å². The first-order valence-corrected chi connectivity index (χ1v) is 3.14. The van der Waals surface area contributed by atoms with Gasteiger partial charge in [-0.1, -0.05) is 0 Å². The molecule has 0 amide bonds. The molecule has 1 atom stereocenters. The van der Waals surface area contributed by atoms with Gasteiger partial charge in [-0.2, -0.15) is 13.2 Å². The van der Waals surface area contributed by atoms with E-state index in [4.69, 9.17) is 28.3 Å². The standard InChI is InChI=1S/C4H5Cl2F3O/c1-3(10,2(5)6)4(7,8)9/h2,10H,1H3. The lowest BCUT2D eigenvalue weighted by atomic mass is 10.1. The average Bonchev–Trinajstić information content (AvgIpc) is 1.62. The zero-order valence-corrected chi connectivity index (χ0v) is 6.43. The summed E-state index contributed by atoms with van der Waals surface area (Å²) in [4.78, 5) is -1.87. The van der Waals surface area contributed by atoms with Gasteiger partial charge in [0, 0.05) is 0 Å². The third kappa shape index (κ3) is 1.90. The Morgan fingerprint density at radius 2 is 1.60 bits per heavy atom. The molecule has 0 heterocycles. The van der Waals surface area contributed by atoms with Crippen LogP contribution < -0.4 is 0 Å². The van der Waals surface area contributed by atoms with Crippen molar-refractivity contribution in [3.8, 4) is 0 Å². The molecule has 1 nitrogen and oxygen atoms in total. The van der Waals surface area contributed by atoms with E-state index in [-0.39, 0.29) is 0 Å². The van der Waals surface area contributed by atoms with E-state index in [1.54, 1.807) is 0 Å². The lowest BCUT2D eigenvalue weighted by Crippen LogP contribution is -2.47. The van der Waals surface area contributed by atoms with Gasteiger partial charge in [0.15, 0.2) is 5.60 Å². The molecule has 0 aromatic heterocycles. The van der Waals surface area contributed by atoms with Crippen molar-refractivity contribution in [3.05, 3.63) is 0 Å². The molecular weight excluding hydrogens is 192 g/mol. The number of alkyl halides is 5. The van der Waals surface area contributed by atoms with Crippen LogP contribution in [0, 0.1) is 0 Å². The third-order valence-electron chi connectivity index (χ3n) is 0.999. The molecular formula is C4H5Cl2F3O. The zero-order chi connectivity index (χ0) is 8.58. The van der Waals surface area contributed by atoms with Crippen molar-refractivity contribution in [1.29, 1.82) is 0 Å². The van der Waals surface area contributed by atoms with Crippen LogP contribution in [0.5, 0.6) is 0 Å². The Morgan fingerprint density at radius 3 is 1.60 bits per heavy atom. The Kier molecular flexibility index (Phi) is 2.85. The summed E-state index contributed by atoms with van der Waals surface area (Å²) in [5.74, 6) is 0. The molecule has 0 saturated carbocycles. The number of hydrogen-bond donors (Lipinski definition) is 1. The summed E-state index contributed by atoms with van der Waals surface area (Å²) in [5.41, 5.74) is -3.03. The number of halogens is 5. The second kappa shape index (κ2) is 2.75. The molecule has 6 heteroatoms. The summed E-state index contributed by atoms with van der Waals surface area (Å²) in [7, 11) is 0. The second-order valence-corrected chi connectivity index (χ2v) is 3.04. The highest BCUT2D eigenvalue weighted by molar-refractivity contribution is 6.45. The summed E-state index contributed by atoms with van der Waals surface area (Å²) in [6.07, 6.45) is -4.79. The minimum Gasteiger partial charge on any atom is -0.379 e. The van der Waals surface area contributed by atoms with Crippen molar-refractivity contribution in [1.82, 2.24) is 0 Å². The molecule has 0 spiro atoms. The molecule has 0 aromatic carbocycles. The Balaban J connectivity index is 4.40. The van der Waals surface area contributed by atoms with Gasteiger partial charge in [-0.25, -0.2) is 0 Å². The largest absolute Gasteiger partial charge is 0.419 e. The van der Waals surface area contributed by atoms with E-state index in [2.05, 4.69) is 0 Å². The molecule has 1 unspecified atom stereocenters. The fourth-order valence-corrected chi connectivity index (χ4v) is 0.371. The van der Waals surface area contributed by atoms with E-state index in [1.165, 1.54) is 0 Å². The summed E-state index contributed by atoms with van der Waals surface area (Å²) in [6.45, 7) is 0.512. The van der Waals surface area contributed by atoms with Crippen LogP contribution in [0.3, 0.4) is 0 Å². The molecule has 0 radical (unpaired) electrons. The van der Waals surface area contributed by atoms with Gasteiger partial charge in [0.05, 0.1) is 0 Å². The van der Waals surface area contributed by atoms with Gasteiger partial charge in [0.2, 0.25) is 0 Å². The maximum Gasteiger partial charge on any atom is 0.419 e. The molecule has 0 saturated heterocycles. The molecule has 0 aliphatic carbocycles. The van der Waals surface area contributed by atoms with E-state index in [0.717, 1.165) is 0 Å². The predicted molar refractivity (Wildman–Crippen MR) is 32.2 cm³/mol. The Hall–Kier alpha value is 0.330. The highest BCUT2D eigenvalue weighted by atomic mass is 35.5. The highest BCUT2D eigenvalue weighted by Gasteiger charge is 2.54. The molecule has 62 valence electrons. The zero-order valence-electron chi connectivity index (χ0n) is 4.91. The molecule has 0 aliphatic heterocycles. The lowest BCUT2D eigenvalue weighted by molar-refractivity contribution is -0.247. The van der Waals surface area contributed by atoms with Gasteiger partial charge in [-0.15, -0.1) is 23.2 Å². The van der Waals surface area contributed by atoms with E-state index >= 15 is 0 Å². The maximum absolute atomic E-state index is 11.7. The first-order chi connectivity index (χ1) is 4.19. The maximum atomic E-state index is 11.7. The highest BCUT2D eigenvalue weighted by Crippen LogP contribution is 2.36. The molecule has 0 aliphatic rings. The predicted octanol–water partition coefficient (Wildman–Crippen LogP) is 2.10. The minimum atomic E-state index is -4.79. The van der Waals surface area contributed by atoms with Crippen LogP contribution >= 0.6 is 23.2 Å². The summed E-state index contributed by atoms with van der Waals surface area (Å²) >= 11 is 9.70. The monoisotopic (exact) mass is 196 g/mol. The Labute approximate surface area is 65.7 Å². The van der Waals surface area contributed by atoms with Crippen molar-refractivity contribution < 1.29 is 18.3 Å². The van der Waals surface area contributed by atoms with Crippen molar-refractivity contribution >= 4 is 23.2 Å². The molecule has 0 rings (SSSR count). The van der Waals surface area contributed by atoms with Crippen LogP contribution in [0.15, 0.2) is 0 Å². The lowest BCUT2D eigenvalue weighted by Gasteiger charge is -2.26. The van der Waals surface area contributed by atoms with Crippen LogP contribution in [0.25, 0.3) is 0 Å². The smallest absolute Gasteiger partial charge is 0.379 e. The second-order valence-electron chi connectivity index (χ2n) is 1.95. The molecule has 0 bridgehead atoms. The normalized spacial score (nSPS) is 19.2. The Morgan fingerprint density at radius 1 is 1.30 bits per heavy atom. The first-order valence-electron chi connectivity index (χ1n) is 2.27. The molecule has 10 heavy (non-hydrogen) atoms. The molecule has 0 aromatic rings. The van der Waals surface area contributed by atoms with Gasteiger partial charge < -0.3 is 5.11 Å². The Bertz CT molecular complexity index is 120. The van der Waals surface area contributed by atoms with Crippen LogP contribution in [0.2, 0.25) is 0 Å². The fourth-order valence-electron chi connectivity index (χ4n) is 0.124.